The number of methoxy groups -OCH3 is 4. The number of Topliss-reactive ketones (excluding diaryl/α,β-unsaturated/α-hetero) is 4. The molecule has 0 saturated carbocycles. The van der Waals surface area contributed by atoms with Crippen LogP contribution < -0.4 is 67.6 Å². The Morgan fingerprint density at radius 3 is 0.902 bits per heavy atom. The van der Waals surface area contributed by atoms with Crippen molar-refractivity contribution < 1.29 is 95.4 Å². The van der Waals surface area contributed by atoms with Crippen LogP contribution in [-0.4, -0.2) is 150 Å². The number of rotatable bonds is 50. The molecule has 0 aliphatic rings. The van der Waals surface area contributed by atoms with Crippen LogP contribution in [0, 0.1) is 0 Å². The van der Waals surface area contributed by atoms with E-state index >= 15 is 0 Å². The van der Waals surface area contributed by atoms with Gasteiger partial charge >= 0.3 is 24.4 Å². The predicted octanol–water partition coefficient (Wildman–Crippen LogP) is 12.4. The number of benzene rings is 8. The number of amides is 8. The molecule has 0 unspecified atom stereocenters. The fourth-order valence-electron chi connectivity index (χ4n) is 13.0. The van der Waals surface area contributed by atoms with Crippen molar-refractivity contribution >= 4 is 71.1 Å². The molecule has 4 atom stereocenters. The molecule has 0 bridgehead atoms. The van der Waals surface area contributed by atoms with Gasteiger partial charge in [0.05, 0.1) is 68.8 Å². The second-order valence-electron chi connectivity index (χ2n) is 29.3. The first kappa shape index (κ1) is 96.7. The van der Waals surface area contributed by atoms with Gasteiger partial charge in [-0.15, -0.1) is 0 Å². The minimum Gasteiger partial charge on any atom is -0.496 e. The highest BCUT2D eigenvalue weighted by atomic mass is 16.6. The third kappa shape index (κ3) is 35.4. The number of nitrogens with two attached hydrogens (primary N) is 2. The van der Waals surface area contributed by atoms with E-state index in [1.807, 2.05) is 128 Å². The lowest BCUT2D eigenvalue weighted by atomic mass is 9.96. The smallest absolute Gasteiger partial charge is 0.407 e. The van der Waals surface area contributed by atoms with Gasteiger partial charge in [-0.2, -0.15) is 0 Å². The van der Waals surface area contributed by atoms with Crippen molar-refractivity contribution in [3.8, 4) is 23.0 Å². The van der Waals surface area contributed by atoms with Gasteiger partial charge in [-0.1, -0.05) is 146 Å². The highest BCUT2D eigenvalue weighted by molar-refractivity contribution is 6.03. The molecule has 0 spiro atoms. The molecule has 8 aromatic rings. The molecule has 123 heavy (non-hydrogen) atoms. The lowest BCUT2D eigenvalue weighted by Crippen LogP contribution is -2.42. The van der Waals surface area contributed by atoms with Gasteiger partial charge in [0.1, 0.15) is 55.2 Å². The Kier molecular flexibility index (Phi) is 41.9. The molecule has 654 valence electrons. The molecule has 0 heterocycles. The molecule has 11 N–H and O–H groups in total. The van der Waals surface area contributed by atoms with E-state index in [0.29, 0.717) is 118 Å². The van der Waals surface area contributed by atoms with Crippen molar-refractivity contribution in [2.45, 2.75) is 167 Å². The van der Waals surface area contributed by atoms with E-state index < -0.39 is 66.1 Å². The SMILES string of the molecule is COc1ccc(CC(=O)[C@H](CCCCNC(=O)OCc2ccccc2)NC(=O)c2cc(CC(=O)[C@@H](N)CCCCNC(=O)OCc3ccccc3)ccc2OC)cc1C(=O)N[C@H](C)CCCCNC(=O)OCc1ccccc1.COc1ccc(CC(=O)[C@H](CCCCNC(=O)OCc2ccccc2)NC(=O)c2cc(CC(C)=O)ccc2OC)cc1C(N)=O. The molecule has 0 aromatic heterocycles. The lowest BCUT2D eigenvalue weighted by molar-refractivity contribution is -0.121. The fraction of sp³-hybridized carbons (Fsp3) is 0.362. The topological polar surface area (TPSA) is 415 Å². The van der Waals surface area contributed by atoms with E-state index in [0.717, 1.165) is 22.3 Å². The molecule has 29 heteroatoms. The van der Waals surface area contributed by atoms with Crippen molar-refractivity contribution in [2.75, 3.05) is 54.6 Å². The molecule has 0 fully saturated rings. The molecular weight excluding hydrogens is 1580 g/mol. The molecule has 0 radical (unpaired) electrons. The van der Waals surface area contributed by atoms with E-state index in [-0.39, 0.29) is 134 Å². The van der Waals surface area contributed by atoms with Crippen molar-refractivity contribution in [2.24, 2.45) is 11.5 Å². The lowest BCUT2D eigenvalue weighted by Gasteiger charge is -2.20. The number of carbonyl (C=O) groups excluding carboxylic acids is 12. The summed E-state index contributed by atoms with van der Waals surface area (Å²) in [6, 6.07) is 53.7. The number of alkyl carbamates (subject to hydrolysis) is 4. The summed E-state index contributed by atoms with van der Waals surface area (Å²) < 4.78 is 42.7. The average Bonchev–Trinajstić information content (AvgIpc) is 0.831. The highest BCUT2D eigenvalue weighted by Crippen LogP contribution is 2.27. The summed E-state index contributed by atoms with van der Waals surface area (Å²) in [4.78, 5) is 155. The highest BCUT2D eigenvalue weighted by Gasteiger charge is 2.28. The van der Waals surface area contributed by atoms with Crippen molar-refractivity contribution in [1.29, 1.82) is 0 Å². The summed E-state index contributed by atoms with van der Waals surface area (Å²) in [6.07, 6.45) is 3.63. The maximum absolute atomic E-state index is 14.3. The standard InChI is InChI=1S/C60H74N6O12.C34H39N3O8/c1-42(19-13-16-32-62-58(71)76-39-43-20-7-4-8-21-43)65-56(69)48-36-47(29-31-54(48)74-2)38-53(68)51(27-15-18-34-64-60(73)78-41-45-24-11-6-12-25-45)66-57(70)49-35-46(28-30-55(49)75-3)37-52(67)50(61)26-14-17-33-63-59(72)77-40-44-22-9-5-10-23-44;1-22(38)17-24-12-15-31(44-3)27(19-24)33(41)37-28(29(39)20-25-13-14-30(43-2)26(18-25)32(35)40)11-7-8-16-36-34(42)45-21-23-9-5-4-6-10-23/h4-12,20-25,28-31,35-36,42,50-51H,13-19,26-27,32-34,37-41,61H2,1-3H3,(H,62,71)(H,63,72)(H,64,73)(H,65,69)(H,66,70);4-6,9-10,12-15,18-19,28H,7-8,11,16-17,20-21H2,1-3H3,(H2,35,40)(H,36,42)(H,37,41)/t42-,50+,51+;28-/m10/s1. The zero-order valence-electron chi connectivity index (χ0n) is 70.6. The Hall–Kier alpha value is -13.4. The zero-order valence-corrected chi connectivity index (χ0v) is 70.6. The summed E-state index contributed by atoms with van der Waals surface area (Å²) in [7, 11) is 5.70. The molecular formula is C94H113N9O20. The Balaban J connectivity index is 0.000000391. The average molecular weight is 1690 g/mol. The largest absolute Gasteiger partial charge is 0.496 e. The van der Waals surface area contributed by atoms with Gasteiger partial charge < -0.3 is 86.6 Å². The van der Waals surface area contributed by atoms with Crippen LogP contribution in [0.15, 0.2) is 194 Å². The number of unbranched alkanes of at least 4 members (excludes halogenated alkanes) is 4. The number of nitrogens with one attached hydrogen (secondary N) is 7. The summed E-state index contributed by atoms with van der Waals surface area (Å²) >= 11 is 0. The molecule has 8 rings (SSSR count). The molecule has 8 amide bonds. The van der Waals surface area contributed by atoms with E-state index in [9.17, 15) is 57.5 Å². The zero-order chi connectivity index (χ0) is 88.7. The van der Waals surface area contributed by atoms with Gasteiger partial charge in [0.2, 0.25) is 0 Å². The van der Waals surface area contributed by atoms with Crippen LogP contribution >= 0.6 is 0 Å². The predicted molar refractivity (Wildman–Crippen MR) is 462 cm³/mol. The Bertz CT molecular complexity index is 4770. The first-order chi connectivity index (χ1) is 59.4. The number of ketones is 4. The van der Waals surface area contributed by atoms with E-state index in [4.69, 9.17) is 49.4 Å². The van der Waals surface area contributed by atoms with Crippen LogP contribution in [0.4, 0.5) is 19.2 Å². The van der Waals surface area contributed by atoms with Crippen LogP contribution in [0.3, 0.4) is 0 Å². The second kappa shape index (κ2) is 53.3. The van der Waals surface area contributed by atoms with Crippen molar-refractivity contribution in [3.63, 3.8) is 0 Å². The minimum absolute atomic E-state index is 0.0593. The minimum atomic E-state index is -1.01. The maximum Gasteiger partial charge on any atom is 0.407 e. The Morgan fingerprint density at radius 1 is 0.317 bits per heavy atom. The van der Waals surface area contributed by atoms with Crippen molar-refractivity contribution in [1.82, 2.24) is 37.2 Å². The summed E-state index contributed by atoms with van der Waals surface area (Å²) in [5.74, 6) is -2.04. The number of ether oxygens (including phenoxy) is 8. The monoisotopic (exact) mass is 1690 g/mol. The van der Waals surface area contributed by atoms with E-state index in [2.05, 4.69) is 37.2 Å². The fourth-order valence-corrected chi connectivity index (χ4v) is 13.0. The molecule has 0 aliphatic carbocycles. The quantitative estimate of drug-likeness (QED) is 0.0126. The Morgan fingerprint density at radius 2 is 0.593 bits per heavy atom. The van der Waals surface area contributed by atoms with E-state index in [1.165, 1.54) is 41.4 Å². The van der Waals surface area contributed by atoms with Gasteiger partial charge in [-0.05, 0) is 184 Å². The maximum atomic E-state index is 14.3. The van der Waals surface area contributed by atoms with E-state index in [1.54, 1.807) is 66.7 Å². The summed E-state index contributed by atoms with van der Waals surface area (Å²) in [5.41, 5.74) is 18.1. The van der Waals surface area contributed by atoms with Crippen molar-refractivity contribution in [3.05, 3.63) is 261 Å². The number of hydrogen-bond donors (Lipinski definition) is 9. The molecule has 29 nitrogen and oxygen atoms in total. The van der Waals surface area contributed by atoms with Crippen LogP contribution in [0.2, 0.25) is 0 Å². The van der Waals surface area contributed by atoms with Gasteiger partial charge in [0, 0.05) is 57.9 Å². The summed E-state index contributed by atoms with van der Waals surface area (Å²) in [5, 5.41) is 19.6. The normalized spacial score (nSPS) is 11.6. The van der Waals surface area contributed by atoms with Crippen LogP contribution in [0.25, 0.3) is 0 Å². The second-order valence-corrected chi connectivity index (χ2v) is 29.3. The molecule has 8 aromatic carbocycles. The van der Waals surface area contributed by atoms with Crippen LogP contribution in [-0.2, 0) is 90.2 Å². The Labute approximate surface area is 717 Å². The first-order valence-corrected chi connectivity index (χ1v) is 40.9. The number of primary amides is 1. The first-order valence-electron chi connectivity index (χ1n) is 40.9. The van der Waals surface area contributed by atoms with Gasteiger partial charge in [-0.3, -0.25) is 38.4 Å². The molecule has 0 saturated heterocycles. The van der Waals surface area contributed by atoms with Gasteiger partial charge in [0.25, 0.3) is 23.6 Å². The number of hydrogen-bond acceptors (Lipinski definition) is 21. The third-order valence-corrected chi connectivity index (χ3v) is 19.6. The van der Waals surface area contributed by atoms with Crippen LogP contribution in [0.5, 0.6) is 23.0 Å². The van der Waals surface area contributed by atoms with Gasteiger partial charge in [0.15, 0.2) is 17.3 Å². The van der Waals surface area contributed by atoms with Gasteiger partial charge in [-0.25, -0.2) is 19.2 Å². The van der Waals surface area contributed by atoms with Crippen LogP contribution in [0.1, 0.15) is 177 Å². The number of carbonyl (C=O) groups is 12. The third-order valence-electron chi connectivity index (χ3n) is 19.6. The summed E-state index contributed by atoms with van der Waals surface area (Å²) in [6.45, 7) is 5.26. The molecule has 0 aliphatic heterocycles.